The maximum Gasteiger partial charge on any atom is 0.0452 e. The molecule has 0 amide bonds. The highest BCUT2D eigenvalue weighted by molar-refractivity contribution is 6.08. The van der Waals surface area contributed by atoms with Crippen molar-refractivity contribution in [2.45, 2.75) is 13.1 Å². The van der Waals surface area contributed by atoms with Crippen molar-refractivity contribution in [2.24, 2.45) is 0 Å². The van der Waals surface area contributed by atoms with E-state index in [1.165, 1.54) is 66.3 Å². The van der Waals surface area contributed by atoms with Gasteiger partial charge in [0.05, 0.1) is 0 Å². The molecular formula is C36H30N2. The molecule has 184 valence electrons. The Labute approximate surface area is 224 Å². The molecule has 0 atom stereocenters. The van der Waals surface area contributed by atoms with Gasteiger partial charge in [-0.2, -0.15) is 0 Å². The number of fused-ring (bicyclic) bond motifs is 11. The first-order valence-electron chi connectivity index (χ1n) is 13.3. The minimum absolute atomic E-state index is 0.831. The molecule has 0 radical (unpaired) electrons. The Hall–Kier alpha value is -4.56. The minimum atomic E-state index is 0.831. The van der Waals surface area contributed by atoms with E-state index in [1.54, 1.807) is 0 Å². The Morgan fingerprint density at radius 1 is 0.474 bits per heavy atom. The van der Waals surface area contributed by atoms with Gasteiger partial charge in [-0.15, -0.1) is 0 Å². The molecule has 0 N–H and O–H groups in total. The van der Waals surface area contributed by atoms with Gasteiger partial charge in [-0.1, -0.05) is 84.9 Å². The van der Waals surface area contributed by atoms with Gasteiger partial charge in [0.25, 0.3) is 0 Å². The SMILES string of the molecule is CN1Cc2cccc(c2)-c2c(ccc3cc4ccccc4cc23)N(C)Cc2cccc(c2)-c2ccccc21. The van der Waals surface area contributed by atoms with Crippen LogP contribution in [0.3, 0.4) is 0 Å². The number of anilines is 2. The second-order valence-corrected chi connectivity index (χ2v) is 10.5. The van der Waals surface area contributed by atoms with E-state index in [0.717, 1.165) is 13.1 Å². The average Bonchev–Trinajstić information content (AvgIpc) is 2.95. The monoisotopic (exact) mass is 490 g/mol. The number of para-hydroxylation sites is 1. The molecule has 0 unspecified atom stereocenters. The summed E-state index contributed by atoms with van der Waals surface area (Å²) in [5.74, 6) is 0. The zero-order valence-corrected chi connectivity index (χ0v) is 21.9. The quantitative estimate of drug-likeness (QED) is 0.196. The molecule has 0 aromatic heterocycles. The maximum atomic E-state index is 2.40. The fourth-order valence-corrected chi connectivity index (χ4v) is 6.05. The van der Waals surface area contributed by atoms with E-state index >= 15 is 0 Å². The van der Waals surface area contributed by atoms with Crippen LogP contribution in [0.15, 0.2) is 121 Å². The Bertz CT molecular complexity index is 1820. The Morgan fingerprint density at radius 2 is 1.11 bits per heavy atom. The number of hydrogen-bond donors (Lipinski definition) is 0. The van der Waals surface area contributed by atoms with E-state index in [0.29, 0.717) is 0 Å². The lowest BCUT2D eigenvalue weighted by Crippen LogP contribution is -2.19. The molecular weight excluding hydrogens is 460 g/mol. The van der Waals surface area contributed by atoms with Gasteiger partial charge in [0.1, 0.15) is 0 Å². The molecule has 1 aliphatic heterocycles. The van der Waals surface area contributed by atoms with Crippen molar-refractivity contribution in [3.8, 4) is 22.3 Å². The van der Waals surface area contributed by atoms with Crippen molar-refractivity contribution in [1.82, 2.24) is 0 Å². The van der Waals surface area contributed by atoms with Crippen LogP contribution in [-0.2, 0) is 13.1 Å². The highest BCUT2D eigenvalue weighted by Crippen LogP contribution is 2.40. The largest absolute Gasteiger partial charge is 0.370 e. The Balaban J connectivity index is 1.49. The van der Waals surface area contributed by atoms with Crippen LogP contribution < -0.4 is 9.80 Å². The predicted molar refractivity (Wildman–Crippen MR) is 163 cm³/mol. The van der Waals surface area contributed by atoms with E-state index in [-0.39, 0.29) is 0 Å². The lowest BCUT2D eigenvalue weighted by molar-refractivity contribution is 0.918. The summed E-state index contributed by atoms with van der Waals surface area (Å²) in [5.41, 5.74) is 10.2. The van der Waals surface area contributed by atoms with Gasteiger partial charge < -0.3 is 9.80 Å². The van der Waals surface area contributed by atoms with Gasteiger partial charge >= 0.3 is 0 Å². The standard InChI is InChI=1S/C36H30N2/c1-37-23-26-10-8-14-31(20-26)36-33-22-28-12-4-3-11-27(28)21-30(33)17-18-35(36)38(2)24-25-9-7-13-29(19-25)32-15-5-6-16-34(32)37/h3-22H,23-24H2,1-2H3. The number of rotatable bonds is 0. The zero-order chi connectivity index (χ0) is 25.6. The molecule has 38 heavy (non-hydrogen) atoms. The molecule has 0 spiro atoms. The third kappa shape index (κ3) is 3.90. The van der Waals surface area contributed by atoms with Crippen LogP contribution in [0.4, 0.5) is 11.4 Å². The highest BCUT2D eigenvalue weighted by atomic mass is 15.1. The van der Waals surface area contributed by atoms with E-state index in [2.05, 4.69) is 145 Å². The summed E-state index contributed by atoms with van der Waals surface area (Å²) >= 11 is 0. The van der Waals surface area contributed by atoms with Crippen molar-refractivity contribution in [1.29, 1.82) is 0 Å². The molecule has 0 saturated carbocycles. The van der Waals surface area contributed by atoms with Crippen LogP contribution in [0.25, 0.3) is 43.8 Å². The summed E-state index contributed by atoms with van der Waals surface area (Å²) in [4.78, 5) is 4.77. The Kier molecular flexibility index (Phi) is 5.40. The summed E-state index contributed by atoms with van der Waals surface area (Å²) in [6.07, 6.45) is 0. The van der Waals surface area contributed by atoms with E-state index in [1.807, 2.05) is 0 Å². The fraction of sp³-hybridized carbons (Fsp3) is 0.111. The smallest absolute Gasteiger partial charge is 0.0452 e. The molecule has 6 aromatic rings. The van der Waals surface area contributed by atoms with Gasteiger partial charge in [-0.05, 0) is 80.2 Å². The van der Waals surface area contributed by atoms with Crippen molar-refractivity contribution in [3.05, 3.63) is 132 Å². The number of benzene rings is 6. The van der Waals surface area contributed by atoms with Crippen LogP contribution in [0.2, 0.25) is 0 Å². The molecule has 0 aliphatic carbocycles. The Morgan fingerprint density at radius 3 is 1.89 bits per heavy atom. The lowest BCUT2D eigenvalue weighted by Gasteiger charge is -2.27. The normalized spacial score (nSPS) is 13.2. The van der Waals surface area contributed by atoms with Crippen LogP contribution in [0, 0.1) is 0 Å². The van der Waals surface area contributed by atoms with Crippen molar-refractivity contribution in [3.63, 3.8) is 0 Å². The van der Waals surface area contributed by atoms with Crippen LogP contribution >= 0.6 is 0 Å². The van der Waals surface area contributed by atoms with Crippen LogP contribution in [0.1, 0.15) is 11.1 Å². The van der Waals surface area contributed by atoms with Crippen molar-refractivity contribution >= 4 is 32.9 Å². The molecule has 0 saturated heterocycles. The first kappa shape index (κ1) is 22.6. The van der Waals surface area contributed by atoms with Crippen molar-refractivity contribution in [2.75, 3.05) is 23.9 Å². The van der Waals surface area contributed by atoms with Gasteiger partial charge in [0.2, 0.25) is 0 Å². The second-order valence-electron chi connectivity index (χ2n) is 10.5. The van der Waals surface area contributed by atoms with E-state index in [4.69, 9.17) is 0 Å². The summed E-state index contributed by atoms with van der Waals surface area (Å²) in [7, 11) is 4.42. The second kappa shape index (κ2) is 9.08. The highest BCUT2D eigenvalue weighted by Gasteiger charge is 2.17. The first-order valence-corrected chi connectivity index (χ1v) is 13.3. The molecule has 1 aliphatic rings. The minimum Gasteiger partial charge on any atom is -0.370 e. The molecule has 0 fully saturated rings. The zero-order valence-electron chi connectivity index (χ0n) is 21.9. The van der Waals surface area contributed by atoms with Gasteiger partial charge in [0, 0.05) is 49.7 Å². The fourth-order valence-electron chi connectivity index (χ4n) is 6.05. The lowest BCUT2D eigenvalue weighted by atomic mass is 9.92. The third-order valence-corrected chi connectivity index (χ3v) is 7.88. The average molecular weight is 491 g/mol. The van der Waals surface area contributed by atoms with Gasteiger partial charge in [0.15, 0.2) is 0 Å². The van der Waals surface area contributed by atoms with E-state index < -0.39 is 0 Å². The van der Waals surface area contributed by atoms with Gasteiger partial charge in [-0.3, -0.25) is 0 Å². The predicted octanol–water partition coefficient (Wildman–Crippen LogP) is 8.91. The van der Waals surface area contributed by atoms with Crippen molar-refractivity contribution < 1.29 is 0 Å². The molecule has 2 heteroatoms. The molecule has 6 aromatic carbocycles. The number of hydrogen-bond acceptors (Lipinski definition) is 2. The number of nitrogens with zero attached hydrogens (tertiary/aromatic N) is 2. The third-order valence-electron chi connectivity index (χ3n) is 7.88. The summed E-state index contributed by atoms with van der Waals surface area (Å²) in [6.45, 7) is 1.67. The molecule has 4 bridgehead atoms. The topological polar surface area (TPSA) is 6.48 Å². The van der Waals surface area contributed by atoms with Gasteiger partial charge in [-0.25, -0.2) is 0 Å². The molecule has 1 heterocycles. The maximum absolute atomic E-state index is 2.40. The summed E-state index contributed by atoms with van der Waals surface area (Å²) in [6, 6.07) is 44.8. The summed E-state index contributed by atoms with van der Waals surface area (Å²) < 4.78 is 0. The molecule has 7 rings (SSSR count). The first-order chi connectivity index (χ1) is 18.6. The summed E-state index contributed by atoms with van der Waals surface area (Å²) in [5, 5.41) is 5.12. The molecule has 2 nitrogen and oxygen atoms in total. The van der Waals surface area contributed by atoms with Crippen LogP contribution in [-0.4, -0.2) is 14.1 Å². The van der Waals surface area contributed by atoms with E-state index in [9.17, 15) is 0 Å². The van der Waals surface area contributed by atoms with Crippen LogP contribution in [0.5, 0.6) is 0 Å².